The maximum atomic E-state index is 5.08. The van der Waals surface area contributed by atoms with Gasteiger partial charge in [-0.25, -0.2) is 9.67 Å². The predicted molar refractivity (Wildman–Crippen MR) is 104 cm³/mol. The quantitative estimate of drug-likeness (QED) is 0.373. The summed E-state index contributed by atoms with van der Waals surface area (Å²) in [5, 5.41) is 10.9. The van der Waals surface area contributed by atoms with Crippen molar-refractivity contribution >= 4 is 5.96 Å². The number of hydrogen-bond donors (Lipinski definition) is 2. The second kappa shape index (κ2) is 11.2. The van der Waals surface area contributed by atoms with Crippen LogP contribution in [0.5, 0.6) is 0 Å². The van der Waals surface area contributed by atoms with Crippen LogP contribution in [0.4, 0.5) is 0 Å². The summed E-state index contributed by atoms with van der Waals surface area (Å²) in [6.45, 7) is 4.27. The van der Waals surface area contributed by atoms with Gasteiger partial charge in [0, 0.05) is 65.5 Å². The molecule has 0 fully saturated rings. The van der Waals surface area contributed by atoms with Gasteiger partial charge in [0.05, 0.1) is 0 Å². The fraction of sp³-hybridized carbons (Fsp3) is 0.500. The average molecular weight is 359 g/mol. The van der Waals surface area contributed by atoms with Crippen molar-refractivity contribution in [3.63, 3.8) is 0 Å². The summed E-state index contributed by atoms with van der Waals surface area (Å²) in [4.78, 5) is 10.9. The highest BCUT2D eigenvalue weighted by Crippen LogP contribution is 2.05. The van der Waals surface area contributed by atoms with Crippen molar-refractivity contribution in [3.8, 4) is 5.82 Å². The Hall–Kier alpha value is -2.45. The lowest BCUT2D eigenvalue weighted by Gasteiger charge is -2.18. The maximum Gasteiger partial charge on any atom is 0.191 e. The van der Waals surface area contributed by atoms with E-state index in [1.54, 1.807) is 31.2 Å². The van der Waals surface area contributed by atoms with Crippen molar-refractivity contribution in [2.75, 3.05) is 47.4 Å². The molecule has 0 unspecified atom stereocenters. The lowest BCUT2D eigenvalue weighted by atomic mass is 10.2. The Labute approximate surface area is 155 Å². The minimum atomic E-state index is 0.667. The third-order valence-electron chi connectivity index (χ3n) is 3.91. The second-order valence-corrected chi connectivity index (χ2v) is 5.98. The molecular formula is C18H29N7O. The predicted octanol–water partition coefficient (Wildman–Crippen LogP) is 0.901. The van der Waals surface area contributed by atoms with Gasteiger partial charge in [-0.15, -0.1) is 0 Å². The van der Waals surface area contributed by atoms with Gasteiger partial charge < -0.3 is 20.3 Å². The molecule has 0 aromatic carbocycles. The molecule has 0 saturated heterocycles. The lowest BCUT2D eigenvalue weighted by molar-refractivity contribution is 0.180. The number of pyridine rings is 1. The maximum absolute atomic E-state index is 5.08. The SMILES string of the molecule is CN=C(NCCN(C)CCCOC)NCc1ccnc(-n2cccn2)c1. The zero-order valence-electron chi connectivity index (χ0n) is 15.9. The molecule has 0 aliphatic rings. The topological polar surface area (TPSA) is 79.6 Å². The number of aromatic nitrogens is 3. The summed E-state index contributed by atoms with van der Waals surface area (Å²) < 4.78 is 6.82. The molecule has 0 aliphatic carbocycles. The van der Waals surface area contributed by atoms with Crippen LogP contribution in [-0.2, 0) is 11.3 Å². The molecule has 0 radical (unpaired) electrons. The molecule has 0 saturated carbocycles. The monoisotopic (exact) mass is 359 g/mol. The first-order valence-electron chi connectivity index (χ1n) is 8.80. The number of ether oxygens (including phenoxy) is 1. The molecule has 8 heteroatoms. The normalized spacial score (nSPS) is 11.8. The number of nitrogens with zero attached hydrogens (tertiary/aromatic N) is 5. The van der Waals surface area contributed by atoms with Gasteiger partial charge in [-0.1, -0.05) is 0 Å². The van der Waals surface area contributed by atoms with Crippen molar-refractivity contribution in [2.45, 2.75) is 13.0 Å². The van der Waals surface area contributed by atoms with E-state index in [-0.39, 0.29) is 0 Å². The number of likely N-dealkylation sites (N-methyl/N-ethyl adjacent to an activating group) is 1. The summed E-state index contributed by atoms with van der Waals surface area (Å²) in [7, 11) is 5.62. The van der Waals surface area contributed by atoms with Crippen LogP contribution in [0.1, 0.15) is 12.0 Å². The molecule has 2 rings (SSSR count). The highest BCUT2D eigenvalue weighted by Gasteiger charge is 2.03. The minimum absolute atomic E-state index is 0.667. The first kappa shape index (κ1) is 19.9. The molecule has 2 N–H and O–H groups in total. The zero-order valence-corrected chi connectivity index (χ0v) is 15.9. The van der Waals surface area contributed by atoms with E-state index >= 15 is 0 Å². The molecule has 2 aromatic rings. The number of hydrogen-bond acceptors (Lipinski definition) is 5. The molecule has 0 bridgehead atoms. The first-order chi connectivity index (χ1) is 12.7. The van der Waals surface area contributed by atoms with Crippen molar-refractivity contribution in [3.05, 3.63) is 42.4 Å². The van der Waals surface area contributed by atoms with Crippen LogP contribution in [0, 0.1) is 0 Å². The molecule has 0 aliphatic heterocycles. The van der Waals surface area contributed by atoms with Gasteiger partial charge in [-0.3, -0.25) is 4.99 Å². The highest BCUT2D eigenvalue weighted by molar-refractivity contribution is 5.79. The third kappa shape index (κ3) is 6.81. The third-order valence-corrected chi connectivity index (χ3v) is 3.91. The van der Waals surface area contributed by atoms with Gasteiger partial charge in [0.1, 0.15) is 0 Å². The summed E-state index contributed by atoms with van der Waals surface area (Å²) in [5.41, 5.74) is 1.12. The van der Waals surface area contributed by atoms with Crippen molar-refractivity contribution in [2.24, 2.45) is 4.99 Å². The lowest BCUT2D eigenvalue weighted by Crippen LogP contribution is -2.40. The Morgan fingerprint density at radius 2 is 2.19 bits per heavy atom. The van der Waals surface area contributed by atoms with E-state index in [0.717, 1.165) is 50.0 Å². The van der Waals surface area contributed by atoms with E-state index in [1.165, 1.54) is 0 Å². The van der Waals surface area contributed by atoms with Gasteiger partial charge in [0.25, 0.3) is 0 Å². The molecule has 0 atom stereocenters. The molecular weight excluding hydrogens is 330 g/mol. The number of methoxy groups -OCH3 is 1. The molecule has 2 aromatic heterocycles. The van der Waals surface area contributed by atoms with Crippen LogP contribution in [0.15, 0.2) is 41.8 Å². The minimum Gasteiger partial charge on any atom is -0.385 e. The molecule has 142 valence electrons. The first-order valence-corrected chi connectivity index (χ1v) is 8.80. The van der Waals surface area contributed by atoms with Crippen molar-refractivity contribution < 1.29 is 4.74 Å². The molecule has 26 heavy (non-hydrogen) atoms. The average Bonchev–Trinajstić information content (AvgIpc) is 3.20. The van der Waals surface area contributed by atoms with E-state index < -0.39 is 0 Å². The van der Waals surface area contributed by atoms with Crippen LogP contribution < -0.4 is 10.6 Å². The Kier molecular flexibility index (Phi) is 8.57. The molecule has 0 amide bonds. The molecule has 8 nitrogen and oxygen atoms in total. The van der Waals surface area contributed by atoms with Crippen molar-refractivity contribution in [1.82, 2.24) is 30.3 Å². The number of rotatable bonds is 10. The fourth-order valence-electron chi connectivity index (χ4n) is 2.46. The van der Waals surface area contributed by atoms with Gasteiger partial charge in [-0.2, -0.15) is 5.10 Å². The van der Waals surface area contributed by atoms with E-state index in [4.69, 9.17) is 4.74 Å². The summed E-state index contributed by atoms with van der Waals surface area (Å²) >= 11 is 0. The number of aliphatic imine (C=N–C) groups is 1. The largest absolute Gasteiger partial charge is 0.385 e. The standard InChI is InChI=1S/C18H29N7O/c1-19-18(21-9-12-24(2)10-5-13-26-3)22-15-16-6-8-20-17(14-16)25-11-4-7-23-25/h4,6-8,11,14H,5,9-10,12-13,15H2,1-3H3,(H2,19,21,22). The van der Waals surface area contributed by atoms with Crippen LogP contribution in [0.2, 0.25) is 0 Å². The zero-order chi connectivity index (χ0) is 18.6. The summed E-state index contributed by atoms with van der Waals surface area (Å²) in [6, 6.07) is 5.87. The highest BCUT2D eigenvalue weighted by atomic mass is 16.5. The molecule has 0 spiro atoms. The van der Waals surface area contributed by atoms with Gasteiger partial charge in [0.2, 0.25) is 0 Å². The van der Waals surface area contributed by atoms with Gasteiger partial charge >= 0.3 is 0 Å². The fourth-order valence-corrected chi connectivity index (χ4v) is 2.46. The summed E-state index contributed by atoms with van der Waals surface area (Å²) in [5.74, 6) is 1.59. The van der Waals surface area contributed by atoms with E-state index in [9.17, 15) is 0 Å². The number of guanidine groups is 1. The number of nitrogens with one attached hydrogen (secondary N) is 2. The van der Waals surface area contributed by atoms with E-state index in [2.05, 4.69) is 37.7 Å². The summed E-state index contributed by atoms with van der Waals surface area (Å²) in [6.07, 6.45) is 6.45. The Bertz CT molecular complexity index is 657. The van der Waals surface area contributed by atoms with E-state index in [1.807, 2.05) is 24.4 Å². The Morgan fingerprint density at radius 3 is 2.92 bits per heavy atom. The second-order valence-electron chi connectivity index (χ2n) is 5.98. The van der Waals surface area contributed by atoms with Crippen LogP contribution >= 0.6 is 0 Å². The van der Waals surface area contributed by atoms with Gasteiger partial charge in [0.15, 0.2) is 11.8 Å². The smallest absolute Gasteiger partial charge is 0.191 e. The van der Waals surface area contributed by atoms with Crippen molar-refractivity contribution in [1.29, 1.82) is 0 Å². The van der Waals surface area contributed by atoms with Gasteiger partial charge in [-0.05, 0) is 37.2 Å². The van der Waals surface area contributed by atoms with Crippen LogP contribution in [0.25, 0.3) is 5.82 Å². The van der Waals surface area contributed by atoms with Crippen LogP contribution in [-0.4, -0.2) is 73.1 Å². The Balaban J connectivity index is 1.74. The van der Waals surface area contributed by atoms with Crippen LogP contribution in [0.3, 0.4) is 0 Å². The molecule has 2 heterocycles. The Morgan fingerprint density at radius 1 is 1.31 bits per heavy atom. The van der Waals surface area contributed by atoms with E-state index in [0.29, 0.717) is 6.54 Å².